The van der Waals surface area contributed by atoms with Crippen molar-refractivity contribution in [3.8, 4) is 5.69 Å². The summed E-state index contributed by atoms with van der Waals surface area (Å²) in [5.41, 5.74) is 1.53. The molecule has 0 saturated carbocycles. The predicted molar refractivity (Wildman–Crippen MR) is 136 cm³/mol. The molecule has 0 spiro atoms. The number of nitrogens with one attached hydrogen (secondary N) is 2. The summed E-state index contributed by atoms with van der Waals surface area (Å²) in [5.74, 6) is -1.05. The number of anilines is 1. The average Bonchev–Trinajstić information content (AvgIpc) is 3.16. The van der Waals surface area contributed by atoms with Gasteiger partial charge in [-0.15, -0.1) is 11.3 Å². The Morgan fingerprint density at radius 1 is 1.03 bits per heavy atom. The number of thiophene rings is 1. The van der Waals surface area contributed by atoms with Crippen LogP contribution in [-0.2, 0) is 4.74 Å². The maximum Gasteiger partial charge on any atom is 0.359 e. The Morgan fingerprint density at radius 3 is 2.35 bits per heavy atom. The molecule has 4 aromatic rings. The molecule has 10 heteroatoms. The fourth-order valence-corrected chi connectivity index (χ4v) is 4.73. The van der Waals surface area contributed by atoms with Crippen LogP contribution >= 0.6 is 23.6 Å². The van der Waals surface area contributed by atoms with Gasteiger partial charge in [-0.05, 0) is 50.3 Å². The van der Waals surface area contributed by atoms with Crippen molar-refractivity contribution >= 4 is 56.3 Å². The number of aryl methyl sites for hydroxylation is 2. The first-order chi connectivity index (χ1) is 16.3. The van der Waals surface area contributed by atoms with Gasteiger partial charge in [0.25, 0.3) is 11.5 Å². The topological polar surface area (TPSA) is 102 Å². The second-order valence-corrected chi connectivity index (χ2v) is 9.04. The summed E-state index contributed by atoms with van der Waals surface area (Å²) < 4.78 is 6.09. The van der Waals surface area contributed by atoms with Gasteiger partial charge in [-0.1, -0.05) is 35.9 Å². The molecule has 1 amide bonds. The van der Waals surface area contributed by atoms with Gasteiger partial charge in [0, 0.05) is 15.8 Å². The number of benzene rings is 2. The summed E-state index contributed by atoms with van der Waals surface area (Å²) in [7, 11) is 1.26. The van der Waals surface area contributed by atoms with Crippen LogP contribution in [0.15, 0.2) is 59.4 Å². The zero-order valence-electron chi connectivity index (χ0n) is 18.5. The normalized spacial score (nSPS) is 10.7. The van der Waals surface area contributed by atoms with E-state index in [1.807, 2.05) is 19.1 Å². The molecule has 172 valence electrons. The number of hydrogen-bond acceptors (Lipinski definition) is 7. The first kappa shape index (κ1) is 23.3. The first-order valence-electron chi connectivity index (χ1n) is 10.2. The number of amides is 1. The van der Waals surface area contributed by atoms with Crippen molar-refractivity contribution in [3.63, 3.8) is 0 Å². The van der Waals surface area contributed by atoms with Crippen LogP contribution in [0.3, 0.4) is 0 Å². The third-order valence-corrected chi connectivity index (χ3v) is 6.30. The summed E-state index contributed by atoms with van der Waals surface area (Å²) >= 11 is 6.55. The van der Waals surface area contributed by atoms with Gasteiger partial charge in [0.2, 0.25) is 0 Å². The summed E-state index contributed by atoms with van der Waals surface area (Å²) in [6.45, 7) is 3.70. The first-order valence-corrected chi connectivity index (χ1v) is 11.4. The molecule has 8 nitrogen and oxygen atoms in total. The quantitative estimate of drug-likeness (QED) is 0.328. The highest BCUT2D eigenvalue weighted by atomic mass is 32.1. The summed E-state index contributed by atoms with van der Waals surface area (Å²) in [6.07, 6.45) is 0. The van der Waals surface area contributed by atoms with Crippen molar-refractivity contribution in [2.24, 2.45) is 0 Å². The largest absolute Gasteiger partial charge is 0.464 e. The van der Waals surface area contributed by atoms with Gasteiger partial charge in [0.05, 0.1) is 18.2 Å². The van der Waals surface area contributed by atoms with E-state index in [-0.39, 0.29) is 22.1 Å². The van der Waals surface area contributed by atoms with Crippen molar-refractivity contribution in [1.82, 2.24) is 15.1 Å². The fraction of sp³-hybridized carbons (Fsp3) is 0.125. The molecule has 2 heterocycles. The summed E-state index contributed by atoms with van der Waals surface area (Å²) in [4.78, 5) is 39.2. The molecule has 2 aromatic heterocycles. The monoisotopic (exact) mass is 492 g/mol. The maximum atomic E-state index is 13.5. The zero-order valence-corrected chi connectivity index (χ0v) is 20.2. The standard InChI is InChI=1S/C24H20N4O4S2/c1-13-9-11-16(12-10-13)28-22(30)18-17(19(27-28)23(31)32-3)14(2)34-21(18)26-24(33)25-20(29)15-7-5-4-6-8-15/h4-12H,1-3H3,(H2,25,26,29,33). The summed E-state index contributed by atoms with van der Waals surface area (Å²) in [5, 5.41) is 10.9. The Morgan fingerprint density at radius 2 is 1.71 bits per heavy atom. The SMILES string of the molecule is COC(=O)c1nn(-c2ccc(C)cc2)c(=O)c2c(NC(=S)NC(=O)c3ccccc3)sc(C)c12. The molecule has 0 unspecified atom stereocenters. The Balaban J connectivity index is 1.80. The molecule has 0 radical (unpaired) electrons. The Kier molecular flexibility index (Phi) is 6.53. The number of hydrogen-bond donors (Lipinski definition) is 2. The number of methoxy groups -OCH3 is 1. The van der Waals surface area contributed by atoms with E-state index in [1.165, 1.54) is 18.4 Å². The molecule has 34 heavy (non-hydrogen) atoms. The highest BCUT2D eigenvalue weighted by molar-refractivity contribution is 7.80. The van der Waals surface area contributed by atoms with Gasteiger partial charge in [-0.2, -0.15) is 9.78 Å². The predicted octanol–water partition coefficient (Wildman–Crippen LogP) is 3.98. The smallest absolute Gasteiger partial charge is 0.359 e. The van der Waals surface area contributed by atoms with Crippen LogP contribution in [-0.4, -0.2) is 33.9 Å². The molecule has 0 saturated heterocycles. The molecule has 0 fully saturated rings. The van der Waals surface area contributed by atoms with E-state index in [2.05, 4.69) is 15.7 Å². The third-order valence-electron chi connectivity index (χ3n) is 5.07. The van der Waals surface area contributed by atoms with Gasteiger partial charge in [-0.25, -0.2) is 4.79 Å². The molecule has 2 N–H and O–H groups in total. The van der Waals surface area contributed by atoms with Crippen LogP contribution in [0.2, 0.25) is 0 Å². The number of thiocarbonyl (C=S) groups is 1. The van der Waals surface area contributed by atoms with E-state index in [4.69, 9.17) is 17.0 Å². The van der Waals surface area contributed by atoms with E-state index >= 15 is 0 Å². The van der Waals surface area contributed by atoms with Crippen LogP contribution < -0.4 is 16.2 Å². The van der Waals surface area contributed by atoms with Crippen LogP contribution in [0.25, 0.3) is 16.5 Å². The lowest BCUT2D eigenvalue weighted by Crippen LogP contribution is -2.34. The highest BCUT2D eigenvalue weighted by Crippen LogP contribution is 2.35. The minimum atomic E-state index is -0.668. The Bertz CT molecular complexity index is 1480. The zero-order chi connectivity index (χ0) is 24.4. The lowest BCUT2D eigenvalue weighted by molar-refractivity contribution is 0.0594. The van der Waals surface area contributed by atoms with Crippen molar-refractivity contribution in [2.45, 2.75) is 13.8 Å². The van der Waals surface area contributed by atoms with E-state index in [1.54, 1.807) is 49.4 Å². The molecule has 4 rings (SSSR count). The van der Waals surface area contributed by atoms with Crippen molar-refractivity contribution < 1.29 is 14.3 Å². The fourth-order valence-electron chi connectivity index (χ4n) is 3.42. The Labute approximate surface area is 204 Å². The lowest BCUT2D eigenvalue weighted by atomic mass is 10.1. The molecule has 0 atom stereocenters. The van der Waals surface area contributed by atoms with Gasteiger partial charge < -0.3 is 10.1 Å². The molecular weight excluding hydrogens is 472 g/mol. The molecule has 2 aromatic carbocycles. The van der Waals surface area contributed by atoms with Crippen molar-refractivity contribution in [3.05, 3.63) is 86.6 Å². The second kappa shape index (κ2) is 9.54. The Hall–Kier alpha value is -3.89. The van der Waals surface area contributed by atoms with Crippen LogP contribution in [0, 0.1) is 13.8 Å². The minimum Gasteiger partial charge on any atom is -0.464 e. The molecule has 0 aliphatic rings. The number of nitrogens with zero attached hydrogens (tertiary/aromatic N) is 2. The van der Waals surface area contributed by atoms with E-state index in [0.29, 0.717) is 26.5 Å². The van der Waals surface area contributed by atoms with E-state index < -0.39 is 11.5 Å². The number of rotatable bonds is 4. The van der Waals surface area contributed by atoms with Crippen molar-refractivity contribution in [1.29, 1.82) is 0 Å². The van der Waals surface area contributed by atoms with Gasteiger partial charge >= 0.3 is 5.97 Å². The lowest BCUT2D eigenvalue weighted by Gasteiger charge is -2.11. The highest BCUT2D eigenvalue weighted by Gasteiger charge is 2.25. The van der Waals surface area contributed by atoms with Gasteiger partial charge in [0.15, 0.2) is 10.8 Å². The third kappa shape index (κ3) is 4.45. The van der Waals surface area contributed by atoms with Gasteiger partial charge in [0.1, 0.15) is 5.00 Å². The van der Waals surface area contributed by atoms with Crippen LogP contribution in [0.4, 0.5) is 5.00 Å². The molecule has 0 aliphatic carbocycles. The number of esters is 1. The average molecular weight is 493 g/mol. The van der Waals surface area contributed by atoms with E-state index in [0.717, 1.165) is 10.2 Å². The number of aromatic nitrogens is 2. The van der Waals surface area contributed by atoms with Gasteiger partial charge in [-0.3, -0.25) is 14.9 Å². The molecule has 0 bridgehead atoms. The van der Waals surface area contributed by atoms with Crippen molar-refractivity contribution in [2.75, 3.05) is 12.4 Å². The van der Waals surface area contributed by atoms with E-state index in [9.17, 15) is 14.4 Å². The second-order valence-electron chi connectivity index (χ2n) is 7.40. The minimum absolute atomic E-state index is 0.0127. The number of carbonyl (C=O) groups is 2. The summed E-state index contributed by atoms with van der Waals surface area (Å²) in [6, 6.07) is 15.8. The number of carbonyl (C=O) groups excluding carboxylic acids is 2. The number of ether oxygens (including phenoxy) is 1. The molecular formula is C24H20N4O4S2. The number of fused-ring (bicyclic) bond motifs is 1. The molecule has 0 aliphatic heterocycles. The maximum absolute atomic E-state index is 13.5. The van der Waals surface area contributed by atoms with Crippen LogP contribution in [0.1, 0.15) is 31.3 Å². The van der Waals surface area contributed by atoms with Crippen LogP contribution in [0.5, 0.6) is 0 Å².